The number of rotatable bonds is 7. The van der Waals surface area contributed by atoms with Crippen molar-refractivity contribution >= 4 is 38.1 Å². The van der Waals surface area contributed by atoms with Crippen LogP contribution in [-0.2, 0) is 23.5 Å². The highest BCUT2D eigenvalue weighted by molar-refractivity contribution is 7.21. The Morgan fingerprint density at radius 3 is 2.72 bits per heavy atom. The number of aromatic nitrogens is 1. The Morgan fingerprint density at radius 2 is 2.03 bits per heavy atom. The molecule has 0 fully saturated rings. The largest absolute Gasteiger partial charge is 0.392 e. The molecule has 0 aliphatic carbocycles. The van der Waals surface area contributed by atoms with Crippen LogP contribution in [0.1, 0.15) is 43.0 Å². The number of hydrogen-bond acceptors (Lipinski definition) is 8. The molecule has 1 atom stereocenters. The van der Waals surface area contributed by atoms with Crippen molar-refractivity contribution < 1.29 is 15.3 Å². The fraction of sp³-hybridized carbons (Fsp3) is 0.375. The second-order valence-corrected chi connectivity index (χ2v) is 9.72. The van der Waals surface area contributed by atoms with Gasteiger partial charge in [0.15, 0.2) is 0 Å². The molecule has 1 unspecified atom stereocenters. The number of aliphatic hydroxyl groups is 1. The Balaban J connectivity index is 1.69. The third-order valence-corrected chi connectivity index (χ3v) is 7.39. The maximum Gasteiger partial charge on any atom is 0.231 e. The van der Waals surface area contributed by atoms with Gasteiger partial charge in [-0.25, -0.2) is 9.87 Å². The van der Waals surface area contributed by atoms with Gasteiger partial charge >= 0.3 is 0 Å². The Kier molecular flexibility index (Phi) is 6.13. The average molecular weight is 453 g/mol. The molecular formula is C24H28N4O3S. The van der Waals surface area contributed by atoms with Gasteiger partial charge in [-0.15, -0.1) is 16.8 Å². The summed E-state index contributed by atoms with van der Waals surface area (Å²) < 4.78 is 0.893. The Morgan fingerprint density at radius 1 is 1.25 bits per heavy atom. The maximum atomic E-state index is 9.57. The predicted molar refractivity (Wildman–Crippen MR) is 128 cm³/mol. The van der Waals surface area contributed by atoms with E-state index in [4.69, 9.17) is 5.26 Å². The third kappa shape index (κ3) is 3.84. The number of hydrogen-bond donors (Lipinski definition) is 2. The van der Waals surface area contributed by atoms with E-state index in [1.165, 1.54) is 22.6 Å². The number of benzene rings is 2. The predicted octanol–water partition coefficient (Wildman–Crippen LogP) is 6.17. The molecule has 1 aliphatic heterocycles. The van der Waals surface area contributed by atoms with Gasteiger partial charge in [0.05, 0.1) is 22.5 Å². The number of aryl methyl sites for hydroxylation is 1. The SMILES string of the molecule is C=CCN1c2cc(C)c(N=Nc3nc4cc(CO)c(COO)cc4s3)cc2C(C)(C)C1C. The molecule has 32 heavy (non-hydrogen) atoms. The van der Waals surface area contributed by atoms with Crippen molar-refractivity contribution in [3.63, 3.8) is 0 Å². The van der Waals surface area contributed by atoms with Gasteiger partial charge in [0, 0.05) is 23.7 Å². The summed E-state index contributed by atoms with van der Waals surface area (Å²) in [5.74, 6) is 0. The van der Waals surface area contributed by atoms with Gasteiger partial charge in [-0.3, -0.25) is 5.26 Å². The number of thiazole rings is 1. The molecule has 0 spiro atoms. The van der Waals surface area contributed by atoms with Crippen LogP contribution < -0.4 is 4.90 Å². The fourth-order valence-corrected chi connectivity index (χ4v) is 5.13. The van der Waals surface area contributed by atoms with Crippen LogP contribution in [0.3, 0.4) is 0 Å². The molecule has 0 saturated carbocycles. The monoisotopic (exact) mass is 452 g/mol. The summed E-state index contributed by atoms with van der Waals surface area (Å²) in [7, 11) is 0. The van der Waals surface area contributed by atoms with Crippen molar-refractivity contribution in [2.45, 2.75) is 52.4 Å². The molecule has 1 aromatic heterocycles. The number of aliphatic hydroxyl groups excluding tert-OH is 1. The van der Waals surface area contributed by atoms with Crippen LogP contribution in [0.5, 0.6) is 0 Å². The van der Waals surface area contributed by atoms with E-state index in [0.717, 1.165) is 28.0 Å². The molecule has 4 rings (SSSR count). The van der Waals surface area contributed by atoms with E-state index < -0.39 is 0 Å². The van der Waals surface area contributed by atoms with Gasteiger partial charge in [-0.1, -0.05) is 31.3 Å². The van der Waals surface area contributed by atoms with Crippen molar-refractivity contribution in [3.05, 3.63) is 59.2 Å². The quantitative estimate of drug-likeness (QED) is 0.193. The minimum absolute atomic E-state index is 0.00594. The van der Waals surface area contributed by atoms with E-state index in [1.807, 2.05) is 19.1 Å². The van der Waals surface area contributed by atoms with E-state index in [0.29, 0.717) is 22.3 Å². The Bertz CT molecular complexity index is 1200. The molecule has 8 heteroatoms. The second-order valence-electron chi connectivity index (χ2n) is 8.71. The molecule has 7 nitrogen and oxygen atoms in total. The van der Waals surface area contributed by atoms with Crippen LogP contribution in [0, 0.1) is 6.92 Å². The second kappa shape index (κ2) is 8.71. The van der Waals surface area contributed by atoms with Gasteiger partial charge < -0.3 is 10.0 Å². The lowest BCUT2D eigenvalue weighted by Crippen LogP contribution is -2.38. The number of azo groups is 1. The summed E-state index contributed by atoms with van der Waals surface area (Å²) in [6, 6.07) is 8.32. The highest BCUT2D eigenvalue weighted by atomic mass is 32.1. The van der Waals surface area contributed by atoms with E-state index in [1.54, 1.807) is 6.07 Å². The van der Waals surface area contributed by atoms with Crippen LogP contribution in [0.15, 0.2) is 47.1 Å². The van der Waals surface area contributed by atoms with E-state index in [9.17, 15) is 5.11 Å². The number of anilines is 1. The normalized spacial score (nSPS) is 17.4. The molecule has 0 saturated heterocycles. The first-order chi connectivity index (χ1) is 15.3. The molecule has 0 radical (unpaired) electrons. The van der Waals surface area contributed by atoms with Crippen molar-refractivity contribution in [1.82, 2.24) is 4.98 Å². The molecule has 168 valence electrons. The van der Waals surface area contributed by atoms with Crippen LogP contribution in [0.2, 0.25) is 0 Å². The van der Waals surface area contributed by atoms with Crippen LogP contribution >= 0.6 is 11.3 Å². The lowest BCUT2D eigenvalue weighted by atomic mass is 9.81. The highest BCUT2D eigenvalue weighted by Crippen LogP contribution is 2.47. The molecule has 0 amide bonds. The average Bonchev–Trinajstić information content (AvgIpc) is 3.23. The van der Waals surface area contributed by atoms with Crippen LogP contribution in [0.25, 0.3) is 10.2 Å². The Labute approximate surface area is 191 Å². The zero-order chi connectivity index (χ0) is 23.0. The molecule has 3 aromatic rings. The van der Waals surface area contributed by atoms with Crippen molar-refractivity contribution in [2.75, 3.05) is 11.4 Å². The Hall–Kier alpha value is -2.65. The highest BCUT2D eigenvalue weighted by Gasteiger charge is 2.41. The summed E-state index contributed by atoms with van der Waals surface area (Å²) in [6.45, 7) is 13.4. The number of fused-ring (bicyclic) bond motifs is 2. The van der Waals surface area contributed by atoms with Gasteiger partial charge in [0.2, 0.25) is 5.13 Å². The fourth-order valence-electron chi connectivity index (χ4n) is 4.30. The standard InChI is InChI=1S/C24H28N4O3S/c1-6-7-28-15(3)24(4,5)18-11-19(14(2)8-21(18)28)26-27-23-25-20-9-16(12-29)17(13-31-30)10-22(20)32-23/h6,8-11,15,29-30H,1,7,12-13H2,2-5H3. The summed E-state index contributed by atoms with van der Waals surface area (Å²) in [5.41, 5.74) is 6.46. The third-order valence-electron chi connectivity index (χ3n) is 6.49. The van der Waals surface area contributed by atoms with Crippen LogP contribution in [0.4, 0.5) is 16.5 Å². The first-order valence-electron chi connectivity index (χ1n) is 10.5. The van der Waals surface area contributed by atoms with Crippen molar-refractivity contribution in [1.29, 1.82) is 0 Å². The van der Waals surface area contributed by atoms with E-state index in [2.05, 4.69) is 64.5 Å². The van der Waals surface area contributed by atoms with Crippen LogP contribution in [-0.4, -0.2) is 27.9 Å². The summed E-state index contributed by atoms with van der Waals surface area (Å²) in [4.78, 5) is 11.2. The lowest BCUT2D eigenvalue weighted by molar-refractivity contribution is -0.253. The van der Waals surface area contributed by atoms with Gasteiger partial charge in [0.25, 0.3) is 0 Å². The topological polar surface area (TPSA) is 90.5 Å². The molecular weight excluding hydrogens is 424 g/mol. The summed E-state index contributed by atoms with van der Waals surface area (Å²) in [6.07, 6.45) is 1.94. The molecule has 2 N–H and O–H groups in total. The molecule has 2 heterocycles. The molecule has 1 aliphatic rings. The minimum atomic E-state index is -0.158. The van der Waals surface area contributed by atoms with Crippen molar-refractivity contribution in [3.8, 4) is 0 Å². The van der Waals surface area contributed by atoms with Gasteiger partial charge in [-0.05, 0) is 60.4 Å². The zero-order valence-electron chi connectivity index (χ0n) is 18.8. The molecule has 0 bridgehead atoms. The first kappa shape index (κ1) is 22.5. The van der Waals surface area contributed by atoms with E-state index >= 15 is 0 Å². The smallest absolute Gasteiger partial charge is 0.231 e. The van der Waals surface area contributed by atoms with Gasteiger partial charge in [0.1, 0.15) is 6.61 Å². The lowest BCUT2D eigenvalue weighted by Gasteiger charge is -2.30. The zero-order valence-corrected chi connectivity index (χ0v) is 19.6. The van der Waals surface area contributed by atoms with Gasteiger partial charge in [-0.2, -0.15) is 0 Å². The van der Waals surface area contributed by atoms with E-state index in [-0.39, 0.29) is 18.6 Å². The minimum Gasteiger partial charge on any atom is -0.392 e. The van der Waals surface area contributed by atoms with Crippen molar-refractivity contribution in [2.24, 2.45) is 10.2 Å². The summed E-state index contributed by atoms with van der Waals surface area (Å²) >= 11 is 1.40. The first-order valence-corrected chi connectivity index (χ1v) is 11.4. The number of nitrogens with zero attached hydrogens (tertiary/aromatic N) is 4. The maximum absolute atomic E-state index is 9.57. The summed E-state index contributed by atoms with van der Waals surface area (Å²) in [5, 5.41) is 27.8. The molecule has 2 aromatic carbocycles.